The molecule has 0 aromatic heterocycles. The maximum atomic E-state index is 10.7. The van der Waals surface area contributed by atoms with Crippen molar-refractivity contribution in [2.75, 3.05) is 0 Å². The van der Waals surface area contributed by atoms with Crippen molar-refractivity contribution in [3.8, 4) is 0 Å². The van der Waals surface area contributed by atoms with E-state index in [4.69, 9.17) is 0 Å². The molecule has 1 aromatic rings. The van der Waals surface area contributed by atoms with Gasteiger partial charge < -0.3 is 0 Å². The highest BCUT2D eigenvalue weighted by atomic mass is 16.6. The molecule has 4 heteroatoms. The first kappa shape index (κ1) is 12.1. The van der Waals surface area contributed by atoms with Crippen LogP contribution in [0, 0.1) is 10.1 Å². The van der Waals surface area contributed by atoms with Gasteiger partial charge in [0.2, 0.25) is 0 Å². The standard InChI is InChI=1S/C12H13NO3/c1-2-5-10(9-14)8-11-6-3-4-7-12(11)13(15)16/h3-4,6-9H,2,5H2,1H3/b10-8+. The molecular formula is C12H13NO3. The summed E-state index contributed by atoms with van der Waals surface area (Å²) in [4.78, 5) is 21.0. The number of aldehydes is 1. The normalized spacial score (nSPS) is 11.2. The molecule has 1 rings (SSSR count). The van der Waals surface area contributed by atoms with E-state index in [1.54, 1.807) is 24.3 Å². The Hall–Kier alpha value is -1.97. The van der Waals surface area contributed by atoms with Crippen LogP contribution in [0.15, 0.2) is 29.8 Å². The minimum absolute atomic E-state index is 0.0259. The molecule has 4 nitrogen and oxygen atoms in total. The minimum atomic E-state index is -0.444. The molecule has 0 unspecified atom stereocenters. The Morgan fingerprint density at radius 2 is 2.12 bits per heavy atom. The summed E-state index contributed by atoms with van der Waals surface area (Å²) in [5.74, 6) is 0. The number of nitro groups is 1. The van der Waals surface area contributed by atoms with E-state index in [0.717, 1.165) is 12.7 Å². The second-order valence-electron chi connectivity index (χ2n) is 3.40. The Morgan fingerprint density at radius 1 is 1.44 bits per heavy atom. The van der Waals surface area contributed by atoms with Crippen LogP contribution in [0.2, 0.25) is 0 Å². The van der Waals surface area contributed by atoms with E-state index < -0.39 is 4.92 Å². The summed E-state index contributed by atoms with van der Waals surface area (Å²) in [5.41, 5.74) is 1.08. The number of nitrogens with zero attached hydrogens (tertiary/aromatic N) is 1. The SMILES string of the molecule is CCC/C(C=O)=C\c1ccccc1[N+](=O)[O-]. The number of nitro benzene ring substituents is 1. The molecule has 0 aliphatic carbocycles. The van der Waals surface area contributed by atoms with E-state index in [9.17, 15) is 14.9 Å². The molecule has 0 heterocycles. The molecule has 0 spiro atoms. The lowest BCUT2D eigenvalue weighted by Crippen LogP contribution is -1.92. The van der Waals surface area contributed by atoms with Crippen LogP contribution in [0.1, 0.15) is 25.3 Å². The number of hydrogen-bond donors (Lipinski definition) is 0. The fraction of sp³-hybridized carbons (Fsp3) is 0.250. The van der Waals surface area contributed by atoms with Crippen molar-refractivity contribution in [3.63, 3.8) is 0 Å². The fourth-order valence-electron chi connectivity index (χ4n) is 1.43. The van der Waals surface area contributed by atoms with Gasteiger partial charge in [0.15, 0.2) is 0 Å². The Balaban J connectivity index is 3.12. The molecule has 84 valence electrons. The van der Waals surface area contributed by atoms with Crippen molar-refractivity contribution in [2.24, 2.45) is 0 Å². The predicted molar refractivity (Wildman–Crippen MR) is 62.0 cm³/mol. The highest BCUT2D eigenvalue weighted by molar-refractivity contribution is 5.83. The predicted octanol–water partition coefficient (Wildman–Crippen LogP) is 2.98. The zero-order chi connectivity index (χ0) is 12.0. The number of hydrogen-bond acceptors (Lipinski definition) is 3. The quantitative estimate of drug-likeness (QED) is 0.331. The molecule has 0 radical (unpaired) electrons. The van der Waals surface area contributed by atoms with Crippen LogP contribution in [0.3, 0.4) is 0 Å². The Bertz CT molecular complexity index is 424. The van der Waals surface area contributed by atoms with E-state index in [1.165, 1.54) is 6.07 Å². The van der Waals surface area contributed by atoms with Crippen LogP contribution in [0.4, 0.5) is 5.69 Å². The van der Waals surface area contributed by atoms with Gasteiger partial charge in [-0.05, 0) is 24.1 Å². The third kappa shape index (κ3) is 3.02. The second kappa shape index (κ2) is 5.80. The summed E-state index contributed by atoms with van der Waals surface area (Å²) in [7, 11) is 0. The highest BCUT2D eigenvalue weighted by Gasteiger charge is 2.10. The van der Waals surface area contributed by atoms with Crippen molar-refractivity contribution in [1.29, 1.82) is 0 Å². The lowest BCUT2D eigenvalue weighted by atomic mass is 10.1. The number of benzene rings is 1. The van der Waals surface area contributed by atoms with Gasteiger partial charge in [-0.3, -0.25) is 14.9 Å². The fourth-order valence-corrected chi connectivity index (χ4v) is 1.43. The van der Waals surface area contributed by atoms with Gasteiger partial charge in [-0.1, -0.05) is 25.5 Å². The van der Waals surface area contributed by atoms with Crippen LogP contribution in [-0.4, -0.2) is 11.2 Å². The van der Waals surface area contributed by atoms with Gasteiger partial charge in [0.05, 0.1) is 10.5 Å². The first-order chi connectivity index (χ1) is 7.69. The lowest BCUT2D eigenvalue weighted by molar-refractivity contribution is -0.385. The second-order valence-corrected chi connectivity index (χ2v) is 3.40. The Labute approximate surface area is 93.7 Å². The van der Waals surface area contributed by atoms with Gasteiger partial charge in [0, 0.05) is 6.07 Å². The van der Waals surface area contributed by atoms with Crippen molar-refractivity contribution < 1.29 is 9.72 Å². The molecule has 0 saturated heterocycles. The average Bonchev–Trinajstić information content (AvgIpc) is 2.29. The molecule has 0 fully saturated rings. The molecule has 0 atom stereocenters. The van der Waals surface area contributed by atoms with Gasteiger partial charge in [-0.2, -0.15) is 0 Å². The van der Waals surface area contributed by atoms with Crippen molar-refractivity contribution >= 4 is 18.0 Å². The first-order valence-electron chi connectivity index (χ1n) is 5.08. The summed E-state index contributed by atoms with van der Waals surface area (Å²) in [6, 6.07) is 6.39. The maximum Gasteiger partial charge on any atom is 0.276 e. The van der Waals surface area contributed by atoms with E-state index in [1.807, 2.05) is 6.92 Å². The minimum Gasteiger partial charge on any atom is -0.298 e. The molecule has 1 aromatic carbocycles. The van der Waals surface area contributed by atoms with E-state index in [-0.39, 0.29) is 5.69 Å². The largest absolute Gasteiger partial charge is 0.298 e. The van der Waals surface area contributed by atoms with E-state index in [0.29, 0.717) is 17.6 Å². The summed E-state index contributed by atoms with van der Waals surface area (Å²) < 4.78 is 0. The van der Waals surface area contributed by atoms with Gasteiger partial charge in [0.25, 0.3) is 5.69 Å². The smallest absolute Gasteiger partial charge is 0.276 e. The van der Waals surface area contributed by atoms with Crippen LogP contribution < -0.4 is 0 Å². The number of para-hydroxylation sites is 1. The highest BCUT2D eigenvalue weighted by Crippen LogP contribution is 2.21. The third-order valence-electron chi connectivity index (χ3n) is 2.16. The third-order valence-corrected chi connectivity index (χ3v) is 2.16. The average molecular weight is 219 g/mol. The molecule has 0 bridgehead atoms. The van der Waals surface area contributed by atoms with Crippen LogP contribution in [-0.2, 0) is 4.79 Å². The van der Waals surface area contributed by atoms with Crippen molar-refractivity contribution in [2.45, 2.75) is 19.8 Å². The van der Waals surface area contributed by atoms with Gasteiger partial charge in [-0.25, -0.2) is 0 Å². The molecule has 0 aliphatic heterocycles. The molecule has 0 aliphatic rings. The summed E-state index contributed by atoms with van der Waals surface area (Å²) in [6.07, 6.45) is 3.80. The zero-order valence-electron chi connectivity index (χ0n) is 9.05. The summed E-state index contributed by atoms with van der Waals surface area (Å²) in [5, 5.41) is 10.7. The maximum absolute atomic E-state index is 10.7. The van der Waals surface area contributed by atoms with Gasteiger partial charge in [-0.15, -0.1) is 0 Å². The molecular weight excluding hydrogens is 206 g/mol. The topological polar surface area (TPSA) is 60.2 Å². The molecule has 0 amide bonds. The first-order valence-corrected chi connectivity index (χ1v) is 5.08. The summed E-state index contributed by atoms with van der Waals surface area (Å²) in [6.45, 7) is 1.96. The molecule has 0 N–H and O–H groups in total. The monoisotopic (exact) mass is 219 g/mol. The van der Waals surface area contributed by atoms with E-state index in [2.05, 4.69) is 0 Å². The molecule has 0 saturated carbocycles. The van der Waals surface area contributed by atoms with Gasteiger partial charge in [0.1, 0.15) is 6.29 Å². The van der Waals surface area contributed by atoms with Gasteiger partial charge >= 0.3 is 0 Å². The number of carbonyl (C=O) groups excluding carboxylic acids is 1. The number of rotatable bonds is 5. The Morgan fingerprint density at radius 3 is 2.69 bits per heavy atom. The van der Waals surface area contributed by atoms with Crippen LogP contribution in [0.25, 0.3) is 6.08 Å². The summed E-state index contributed by atoms with van der Waals surface area (Å²) >= 11 is 0. The van der Waals surface area contributed by atoms with Crippen LogP contribution >= 0.6 is 0 Å². The van der Waals surface area contributed by atoms with Crippen molar-refractivity contribution in [3.05, 3.63) is 45.5 Å². The zero-order valence-corrected chi connectivity index (χ0v) is 9.05. The lowest BCUT2D eigenvalue weighted by Gasteiger charge is -1.99. The van der Waals surface area contributed by atoms with Crippen LogP contribution in [0.5, 0.6) is 0 Å². The number of allylic oxidation sites excluding steroid dienone is 1. The van der Waals surface area contributed by atoms with Crippen molar-refractivity contribution in [1.82, 2.24) is 0 Å². The van der Waals surface area contributed by atoms with E-state index >= 15 is 0 Å². The molecule has 16 heavy (non-hydrogen) atoms. The Kier molecular flexibility index (Phi) is 4.39. The number of carbonyl (C=O) groups is 1.